The number of para-hydroxylation sites is 2. The molecule has 4 N–H and O–H groups in total. The highest BCUT2D eigenvalue weighted by atomic mass is 15.1. The predicted molar refractivity (Wildman–Crippen MR) is 90.9 cm³/mol. The number of nitrogens with one attached hydrogen (secondary N) is 2. The van der Waals surface area contributed by atoms with Crippen molar-refractivity contribution in [2.45, 2.75) is 51.0 Å². The molecular weight excluding hydrogens is 274 g/mol. The number of fused-ring (bicyclic) bond motifs is 1. The molecule has 1 aromatic carbocycles. The van der Waals surface area contributed by atoms with Gasteiger partial charge in [0.25, 0.3) is 0 Å². The minimum Gasteiger partial charge on any atom is -0.370 e. The van der Waals surface area contributed by atoms with E-state index in [1.54, 1.807) is 0 Å². The van der Waals surface area contributed by atoms with E-state index in [9.17, 15) is 0 Å². The standard InChI is InChI=1S/C17H25N5/c18-17(20-13-7-3-1-2-4-8-13)19-12-11-16-21-14-9-5-6-10-15(14)22-16/h5-6,9-10,13H,1-4,7-8,11-12H2,(H,21,22)(H3,18,19,20). The van der Waals surface area contributed by atoms with Crippen molar-refractivity contribution >= 4 is 17.0 Å². The number of benzene rings is 1. The highest BCUT2D eigenvalue weighted by Gasteiger charge is 2.12. The monoisotopic (exact) mass is 299 g/mol. The first-order valence-corrected chi connectivity index (χ1v) is 8.31. The molecule has 0 spiro atoms. The third-order valence-electron chi connectivity index (χ3n) is 4.28. The maximum Gasteiger partial charge on any atom is 0.188 e. The number of hydrogen-bond donors (Lipinski definition) is 3. The number of nitrogens with two attached hydrogens (primary N) is 1. The predicted octanol–water partition coefficient (Wildman–Crippen LogP) is 2.73. The molecule has 1 aliphatic carbocycles. The molecule has 0 unspecified atom stereocenters. The molecule has 1 heterocycles. The summed E-state index contributed by atoms with van der Waals surface area (Å²) in [6, 6.07) is 8.56. The molecular formula is C17H25N5. The Hall–Kier alpha value is -2.04. The molecule has 0 amide bonds. The van der Waals surface area contributed by atoms with Crippen molar-refractivity contribution in [3.05, 3.63) is 30.1 Å². The number of aromatic amines is 1. The number of H-pyrrole nitrogens is 1. The second kappa shape index (κ2) is 7.29. The molecule has 118 valence electrons. The molecule has 0 saturated heterocycles. The van der Waals surface area contributed by atoms with Crippen LogP contribution < -0.4 is 11.1 Å². The van der Waals surface area contributed by atoms with Gasteiger partial charge >= 0.3 is 0 Å². The van der Waals surface area contributed by atoms with Crippen molar-refractivity contribution < 1.29 is 0 Å². The fourth-order valence-corrected chi connectivity index (χ4v) is 3.08. The second-order valence-electron chi connectivity index (χ2n) is 6.05. The van der Waals surface area contributed by atoms with E-state index in [1.165, 1.54) is 38.5 Å². The highest BCUT2D eigenvalue weighted by molar-refractivity contribution is 5.78. The molecule has 1 aliphatic rings. The first-order valence-electron chi connectivity index (χ1n) is 8.31. The third kappa shape index (κ3) is 4.00. The van der Waals surface area contributed by atoms with Crippen LogP contribution in [0.15, 0.2) is 29.3 Å². The lowest BCUT2D eigenvalue weighted by atomic mass is 10.1. The van der Waals surface area contributed by atoms with Crippen LogP contribution in [0.1, 0.15) is 44.3 Å². The Bertz CT molecular complexity index is 590. The SMILES string of the molecule is NC(=NCCc1nc2ccccc2[nH]1)NC1CCCCCC1. The van der Waals surface area contributed by atoms with E-state index in [1.807, 2.05) is 24.3 Å². The highest BCUT2D eigenvalue weighted by Crippen LogP contribution is 2.17. The first-order chi connectivity index (χ1) is 10.8. The summed E-state index contributed by atoms with van der Waals surface area (Å²) in [5.41, 5.74) is 8.08. The van der Waals surface area contributed by atoms with Crippen molar-refractivity contribution in [2.75, 3.05) is 6.54 Å². The van der Waals surface area contributed by atoms with Crippen LogP contribution in [-0.2, 0) is 6.42 Å². The lowest BCUT2D eigenvalue weighted by Crippen LogP contribution is -2.40. The molecule has 5 heteroatoms. The molecule has 22 heavy (non-hydrogen) atoms. The maximum absolute atomic E-state index is 6.00. The van der Waals surface area contributed by atoms with Gasteiger partial charge in [0, 0.05) is 19.0 Å². The van der Waals surface area contributed by atoms with Gasteiger partial charge in [-0.2, -0.15) is 0 Å². The van der Waals surface area contributed by atoms with Gasteiger partial charge in [0.2, 0.25) is 0 Å². The topological polar surface area (TPSA) is 79.1 Å². The molecule has 0 radical (unpaired) electrons. The van der Waals surface area contributed by atoms with E-state index in [0.717, 1.165) is 23.3 Å². The van der Waals surface area contributed by atoms with Gasteiger partial charge < -0.3 is 16.0 Å². The Balaban J connectivity index is 1.50. The molecule has 1 saturated carbocycles. The number of aromatic nitrogens is 2. The fraction of sp³-hybridized carbons (Fsp3) is 0.529. The van der Waals surface area contributed by atoms with Crippen molar-refractivity contribution in [1.82, 2.24) is 15.3 Å². The largest absolute Gasteiger partial charge is 0.370 e. The lowest BCUT2D eigenvalue weighted by Gasteiger charge is -2.16. The molecule has 0 aliphatic heterocycles. The third-order valence-corrected chi connectivity index (χ3v) is 4.28. The lowest BCUT2D eigenvalue weighted by molar-refractivity contribution is 0.530. The van der Waals surface area contributed by atoms with Gasteiger partial charge in [-0.05, 0) is 25.0 Å². The van der Waals surface area contributed by atoms with Gasteiger partial charge in [0.15, 0.2) is 5.96 Å². The Labute approximate surface area is 131 Å². The van der Waals surface area contributed by atoms with Crippen LogP contribution in [0.4, 0.5) is 0 Å². The maximum atomic E-state index is 6.00. The van der Waals surface area contributed by atoms with Gasteiger partial charge in [-0.25, -0.2) is 4.98 Å². The fourth-order valence-electron chi connectivity index (χ4n) is 3.08. The van der Waals surface area contributed by atoms with Crippen LogP contribution in [-0.4, -0.2) is 28.5 Å². The van der Waals surface area contributed by atoms with Crippen molar-refractivity contribution in [3.63, 3.8) is 0 Å². The molecule has 5 nitrogen and oxygen atoms in total. The van der Waals surface area contributed by atoms with Crippen LogP contribution in [0, 0.1) is 0 Å². The van der Waals surface area contributed by atoms with Crippen molar-refractivity contribution in [1.29, 1.82) is 0 Å². The average molecular weight is 299 g/mol. The molecule has 2 aromatic rings. The Morgan fingerprint density at radius 3 is 2.77 bits per heavy atom. The number of nitrogens with zero attached hydrogens (tertiary/aromatic N) is 2. The zero-order valence-electron chi connectivity index (χ0n) is 13.0. The number of hydrogen-bond acceptors (Lipinski definition) is 2. The van der Waals surface area contributed by atoms with Crippen LogP contribution in [0.2, 0.25) is 0 Å². The summed E-state index contributed by atoms with van der Waals surface area (Å²) in [5.74, 6) is 1.54. The van der Waals surface area contributed by atoms with Gasteiger partial charge in [-0.15, -0.1) is 0 Å². The summed E-state index contributed by atoms with van der Waals surface area (Å²) in [4.78, 5) is 12.3. The van der Waals surface area contributed by atoms with Gasteiger partial charge in [0.05, 0.1) is 11.0 Å². The number of rotatable bonds is 4. The Kier molecular flexibility index (Phi) is 4.93. The van der Waals surface area contributed by atoms with Gasteiger partial charge in [0.1, 0.15) is 5.82 Å². The molecule has 0 atom stereocenters. The first kappa shape index (κ1) is 14.9. The number of imidazole rings is 1. The molecule has 1 fully saturated rings. The van der Waals surface area contributed by atoms with Gasteiger partial charge in [-0.1, -0.05) is 37.8 Å². The Morgan fingerprint density at radius 2 is 2.00 bits per heavy atom. The van der Waals surface area contributed by atoms with Crippen molar-refractivity contribution in [2.24, 2.45) is 10.7 Å². The van der Waals surface area contributed by atoms with E-state index < -0.39 is 0 Å². The average Bonchev–Trinajstić information content (AvgIpc) is 2.75. The second-order valence-corrected chi connectivity index (χ2v) is 6.05. The smallest absolute Gasteiger partial charge is 0.188 e. The summed E-state index contributed by atoms with van der Waals surface area (Å²) in [5, 5.41) is 3.37. The van der Waals surface area contributed by atoms with Crippen LogP contribution in [0.3, 0.4) is 0 Å². The minimum absolute atomic E-state index is 0.498. The Morgan fingerprint density at radius 1 is 1.23 bits per heavy atom. The summed E-state index contributed by atoms with van der Waals surface area (Å²) < 4.78 is 0. The summed E-state index contributed by atoms with van der Waals surface area (Å²) in [7, 11) is 0. The van der Waals surface area contributed by atoms with E-state index >= 15 is 0 Å². The summed E-state index contributed by atoms with van der Waals surface area (Å²) in [6.45, 7) is 0.658. The molecule has 3 rings (SSSR count). The molecule has 1 aromatic heterocycles. The number of aliphatic imine (C=N–C) groups is 1. The van der Waals surface area contributed by atoms with Crippen molar-refractivity contribution in [3.8, 4) is 0 Å². The van der Waals surface area contributed by atoms with E-state index in [-0.39, 0.29) is 0 Å². The normalized spacial score (nSPS) is 17.5. The van der Waals surface area contributed by atoms with E-state index in [2.05, 4.69) is 20.3 Å². The summed E-state index contributed by atoms with van der Waals surface area (Å²) in [6.07, 6.45) is 8.48. The van der Waals surface area contributed by atoms with Crippen LogP contribution in [0.5, 0.6) is 0 Å². The minimum atomic E-state index is 0.498. The van der Waals surface area contributed by atoms with E-state index in [4.69, 9.17) is 5.73 Å². The molecule has 0 bridgehead atoms. The zero-order chi connectivity index (χ0) is 15.2. The van der Waals surface area contributed by atoms with Crippen LogP contribution >= 0.6 is 0 Å². The quantitative estimate of drug-likeness (QED) is 0.461. The summed E-state index contributed by atoms with van der Waals surface area (Å²) >= 11 is 0. The van der Waals surface area contributed by atoms with Gasteiger partial charge in [-0.3, -0.25) is 4.99 Å². The van der Waals surface area contributed by atoms with Crippen LogP contribution in [0.25, 0.3) is 11.0 Å². The van der Waals surface area contributed by atoms with E-state index in [0.29, 0.717) is 18.5 Å². The number of guanidine groups is 1. The zero-order valence-corrected chi connectivity index (χ0v) is 13.0.